The summed E-state index contributed by atoms with van der Waals surface area (Å²) in [5.74, 6) is -0.304. The van der Waals surface area contributed by atoms with E-state index in [1.54, 1.807) is 36.4 Å². The van der Waals surface area contributed by atoms with Gasteiger partial charge in [0.25, 0.3) is 5.91 Å². The summed E-state index contributed by atoms with van der Waals surface area (Å²) in [6.07, 6.45) is 0. The lowest BCUT2D eigenvalue weighted by molar-refractivity contribution is -0.123. The number of carbonyl (C=O) groups is 1. The van der Waals surface area contributed by atoms with E-state index in [4.69, 9.17) is 10.00 Å². The number of nitrogens with one attached hydrogen (secondary N) is 1. The van der Waals surface area contributed by atoms with Crippen LogP contribution in [0.1, 0.15) is 22.0 Å². The van der Waals surface area contributed by atoms with E-state index >= 15 is 0 Å². The van der Waals surface area contributed by atoms with Crippen molar-refractivity contribution in [2.45, 2.75) is 6.04 Å². The maximum atomic E-state index is 13.2. The predicted octanol–water partition coefficient (Wildman–Crippen LogP) is 4.04. The Morgan fingerprint density at radius 3 is 2.62 bits per heavy atom. The first-order valence-corrected chi connectivity index (χ1v) is 8.75. The van der Waals surface area contributed by atoms with Gasteiger partial charge in [0, 0.05) is 4.88 Å². The van der Waals surface area contributed by atoms with Crippen LogP contribution < -0.4 is 10.1 Å². The molecular formula is C20H15FN2O2S. The van der Waals surface area contributed by atoms with Gasteiger partial charge in [0.05, 0.1) is 11.6 Å². The van der Waals surface area contributed by atoms with Gasteiger partial charge in [0.15, 0.2) is 6.61 Å². The molecule has 1 atom stereocenters. The van der Waals surface area contributed by atoms with Crippen LogP contribution in [-0.2, 0) is 4.79 Å². The Labute approximate surface area is 154 Å². The number of hydrogen-bond donors (Lipinski definition) is 1. The molecule has 130 valence electrons. The van der Waals surface area contributed by atoms with Crippen LogP contribution in [0, 0.1) is 17.1 Å². The van der Waals surface area contributed by atoms with E-state index in [2.05, 4.69) is 5.32 Å². The quantitative estimate of drug-likeness (QED) is 0.716. The van der Waals surface area contributed by atoms with Crippen molar-refractivity contribution in [2.24, 2.45) is 0 Å². The van der Waals surface area contributed by atoms with Crippen molar-refractivity contribution in [3.05, 3.63) is 87.9 Å². The van der Waals surface area contributed by atoms with E-state index in [0.717, 1.165) is 10.4 Å². The van der Waals surface area contributed by atoms with Gasteiger partial charge >= 0.3 is 0 Å². The molecule has 0 saturated heterocycles. The minimum absolute atomic E-state index is 0.220. The van der Waals surface area contributed by atoms with Crippen LogP contribution in [0.3, 0.4) is 0 Å². The third-order valence-corrected chi connectivity index (χ3v) is 4.64. The highest BCUT2D eigenvalue weighted by Crippen LogP contribution is 2.26. The zero-order valence-corrected chi connectivity index (χ0v) is 14.5. The molecule has 0 bridgehead atoms. The van der Waals surface area contributed by atoms with E-state index < -0.39 is 6.04 Å². The third kappa shape index (κ3) is 4.26. The average Bonchev–Trinajstić information content (AvgIpc) is 3.20. The van der Waals surface area contributed by atoms with Crippen molar-refractivity contribution in [3.63, 3.8) is 0 Å². The fourth-order valence-electron chi connectivity index (χ4n) is 2.46. The number of ether oxygens (including phenoxy) is 1. The average molecular weight is 366 g/mol. The number of benzene rings is 2. The molecule has 1 aromatic heterocycles. The molecule has 3 rings (SSSR count). The fraction of sp³-hybridized carbons (Fsp3) is 0.100. The van der Waals surface area contributed by atoms with E-state index in [-0.39, 0.29) is 18.3 Å². The van der Waals surface area contributed by atoms with E-state index in [0.29, 0.717) is 11.3 Å². The summed E-state index contributed by atoms with van der Waals surface area (Å²) in [4.78, 5) is 13.3. The maximum Gasteiger partial charge on any atom is 0.258 e. The van der Waals surface area contributed by atoms with Gasteiger partial charge in [-0.2, -0.15) is 5.26 Å². The summed E-state index contributed by atoms with van der Waals surface area (Å²) in [5.41, 5.74) is 1.15. The molecule has 1 unspecified atom stereocenters. The second-order valence-corrected chi connectivity index (χ2v) is 6.44. The molecule has 0 spiro atoms. The minimum Gasteiger partial charge on any atom is -0.482 e. The largest absolute Gasteiger partial charge is 0.482 e. The van der Waals surface area contributed by atoms with Crippen LogP contribution in [0.2, 0.25) is 0 Å². The Bertz CT molecular complexity index is 918. The molecule has 3 aromatic rings. The zero-order valence-electron chi connectivity index (χ0n) is 13.7. The van der Waals surface area contributed by atoms with Crippen LogP contribution >= 0.6 is 11.3 Å². The molecule has 0 saturated carbocycles. The lowest BCUT2D eigenvalue weighted by Crippen LogP contribution is -2.33. The predicted molar refractivity (Wildman–Crippen MR) is 97.4 cm³/mol. The molecule has 0 aliphatic rings. The van der Waals surface area contributed by atoms with Crippen molar-refractivity contribution in [2.75, 3.05) is 6.61 Å². The van der Waals surface area contributed by atoms with Crippen molar-refractivity contribution in [1.82, 2.24) is 5.32 Å². The van der Waals surface area contributed by atoms with Crippen molar-refractivity contribution >= 4 is 17.2 Å². The second kappa shape index (κ2) is 8.28. The summed E-state index contributed by atoms with van der Waals surface area (Å²) in [5, 5.41) is 13.9. The number of amides is 1. The first kappa shape index (κ1) is 17.6. The van der Waals surface area contributed by atoms with Gasteiger partial charge in [-0.3, -0.25) is 4.79 Å². The van der Waals surface area contributed by atoms with E-state index in [1.165, 1.54) is 23.5 Å². The van der Waals surface area contributed by atoms with E-state index in [1.807, 2.05) is 23.6 Å². The Morgan fingerprint density at radius 1 is 1.15 bits per heavy atom. The van der Waals surface area contributed by atoms with Gasteiger partial charge in [-0.1, -0.05) is 30.3 Å². The molecule has 1 N–H and O–H groups in total. The van der Waals surface area contributed by atoms with Gasteiger partial charge in [-0.05, 0) is 41.3 Å². The minimum atomic E-state index is -0.391. The first-order chi connectivity index (χ1) is 12.7. The summed E-state index contributed by atoms with van der Waals surface area (Å²) in [6, 6.07) is 18.2. The number of nitriles is 1. The summed E-state index contributed by atoms with van der Waals surface area (Å²) in [7, 11) is 0. The maximum absolute atomic E-state index is 13.2. The Hall–Kier alpha value is -3.17. The van der Waals surface area contributed by atoms with Gasteiger partial charge in [-0.15, -0.1) is 11.3 Å². The number of carbonyl (C=O) groups excluding carboxylic acids is 1. The smallest absolute Gasteiger partial charge is 0.258 e. The Kier molecular flexibility index (Phi) is 5.62. The lowest BCUT2D eigenvalue weighted by atomic mass is 10.1. The molecule has 0 aliphatic carbocycles. The van der Waals surface area contributed by atoms with Gasteiger partial charge in [0.2, 0.25) is 0 Å². The molecule has 1 amide bonds. The highest BCUT2D eigenvalue weighted by Gasteiger charge is 2.18. The second-order valence-electron chi connectivity index (χ2n) is 5.46. The SMILES string of the molecule is N#Cc1ccccc1OCC(=O)NC(c1ccc(F)cc1)c1cccs1. The molecule has 6 heteroatoms. The molecule has 0 aliphatic heterocycles. The molecule has 2 aromatic carbocycles. The van der Waals surface area contributed by atoms with Gasteiger partial charge in [0.1, 0.15) is 17.6 Å². The van der Waals surface area contributed by atoms with Crippen LogP contribution in [0.15, 0.2) is 66.0 Å². The molecule has 26 heavy (non-hydrogen) atoms. The third-order valence-electron chi connectivity index (χ3n) is 3.70. The molecule has 0 fully saturated rings. The highest BCUT2D eigenvalue weighted by atomic mass is 32.1. The van der Waals surface area contributed by atoms with Gasteiger partial charge < -0.3 is 10.1 Å². The summed E-state index contributed by atoms with van der Waals surface area (Å²) in [6.45, 7) is -0.220. The van der Waals surface area contributed by atoms with Crippen molar-refractivity contribution in [3.8, 4) is 11.8 Å². The number of halogens is 1. The van der Waals surface area contributed by atoms with Crippen LogP contribution in [-0.4, -0.2) is 12.5 Å². The van der Waals surface area contributed by atoms with Gasteiger partial charge in [-0.25, -0.2) is 4.39 Å². The van der Waals surface area contributed by atoms with E-state index in [9.17, 15) is 9.18 Å². The fourth-order valence-corrected chi connectivity index (χ4v) is 3.26. The zero-order chi connectivity index (χ0) is 18.4. The first-order valence-electron chi connectivity index (χ1n) is 7.87. The van der Waals surface area contributed by atoms with Crippen LogP contribution in [0.25, 0.3) is 0 Å². The van der Waals surface area contributed by atoms with Crippen LogP contribution in [0.5, 0.6) is 5.75 Å². The number of rotatable bonds is 6. The number of nitrogens with zero attached hydrogens (tertiary/aromatic N) is 1. The highest BCUT2D eigenvalue weighted by molar-refractivity contribution is 7.10. The topological polar surface area (TPSA) is 62.1 Å². The monoisotopic (exact) mass is 366 g/mol. The summed E-state index contributed by atoms with van der Waals surface area (Å²) < 4.78 is 18.7. The Morgan fingerprint density at radius 2 is 1.92 bits per heavy atom. The molecule has 1 heterocycles. The van der Waals surface area contributed by atoms with Crippen molar-refractivity contribution in [1.29, 1.82) is 5.26 Å². The number of hydrogen-bond acceptors (Lipinski definition) is 4. The lowest BCUT2D eigenvalue weighted by Gasteiger charge is -2.18. The number of thiophene rings is 1. The molecule has 4 nitrogen and oxygen atoms in total. The number of para-hydroxylation sites is 1. The summed E-state index contributed by atoms with van der Waals surface area (Å²) >= 11 is 1.50. The molecular weight excluding hydrogens is 351 g/mol. The standard InChI is InChI=1S/C20H15FN2O2S/c21-16-9-7-14(8-10-16)20(18-6-3-11-26-18)23-19(24)13-25-17-5-2-1-4-15(17)12-22/h1-11,20H,13H2,(H,23,24). The van der Waals surface area contributed by atoms with Crippen LogP contribution in [0.4, 0.5) is 4.39 Å². The Balaban J connectivity index is 1.72. The van der Waals surface area contributed by atoms with Crippen molar-refractivity contribution < 1.29 is 13.9 Å². The molecule has 0 radical (unpaired) electrons. The normalized spacial score (nSPS) is 11.4.